The second kappa shape index (κ2) is 5.72. The van der Waals surface area contributed by atoms with Gasteiger partial charge in [-0.15, -0.1) is 0 Å². The lowest BCUT2D eigenvalue weighted by Gasteiger charge is -2.31. The molecule has 1 saturated carbocycles. The second-order valence-corrected chi connectivity index (χ2v) is 4.98. The quantitative estimate of drug-likeness (QED) is 0.730. The molecule has 0 aliphatic heterocycles. The molecule has 0 heterocycles. The number of hydrogen-bond donors (Lipinski definition) is 2. The Bertz CT molecular complexity index is 158. The minimum atomic E-state index is -0.524. The van der Waals surface area contributed by atoms with E-state index in [9.17, 15) is 5.11 Å². The van der Waals surface area contributed by atoms with Crippen molar-refractivity contribution < 1.29 is 10.2 Å². The van der Waals surface area contributed by atoms with Crippen LogP contribution in [0.5, 0.6) is 0 Å². The first-order chi connectivity index (χ1) is 6.65. The molecule has 4 atom stereocenters. The second-order valence-electron chi connectivity index (χ2n) is 4.98. The molecule has 0 bridgehead atoms. The summed E-state index contributed by atoms with van der Waals surface area (Å²) in [6.45, 7) is 4.27. The predicted molar refractivity (Wildman–Crippen MR) is 58.0 cm³/mol. The third-order valence-electron chi connectivity index (χ3n) is 3.81. The molecule has 14 heavy (non-hydrogen) atoms. The minimum absolute atomic E-state index is 0.0950. The molecule has 0 saturated heterocycles. The standard InChI is InChI=1S/C12H24O2/c1-9-5-3-4-6-11(9)7-10(2)12(14)8-13/h9-14H,3-8H2,1-2H3. The zero-order valence-corrected chi connectivity index (χ0v) is 9.45. The average molecular weight is 200 g/mol. The average Bonchev–Trinajstić information content (AvgIpc) is 2.20. The molecule has 1 rings (SSSR count). The van der Waals surface area contributed by atoms with E-state index in [1.165, 1.54) is 25.7 Å². The van der Waals surface area contributed by atoms with Gasteiger partial charge in [-0.05, 0) is 24.2 Å². The monoisotopic (exact) mass is 200 g/mol. The molecule has 2 heteroatoms. The molecule has 2 nitrogen and oxygen atoms in total. The summed E-state index contributed by atoms with van der Waals surface area (Å²) in [6, 6.07) is 0. The zero-order valence-electron chi connectivity index (χ0n) is 9.45. The highest BCUT2D eigenvalue weighted by Gasteiger charge is 2.25. The van der Waals surface area contributed by atoms with E-state index in [0.29, 0.717) is 0 Å². The highest BCUT2D eigenvalue weighted by molar-refractivity contribution is 4.76. The molecule has 0 aromatic heterocycles. The summed E-state index contributed by atoms with van der Waals surface area (Å²) in [6.07, 6.45) is 5.91. The van der Waals surface area contributed by atoms with E-state index in [4.69, 9.17) is 5.11 Å². The van der Waals surface area contributed by atoms with Crippen molar-refractivity contribution in [1.29, 1.82) is 0 Å². The van der Waals surface area contributed by atoms with E-state index >= 15 is 0 Å². The fourth-order valence-electron chi connectivity index (χ4n) is 2.56. The van der Waals surface area contributed by atoms with Crippen molar-refractivity contribution in [2.24, 2.45) is 17.8 Å². The lowest BCUT2D eigenvalue weighted by molar-refractivity contribution is 0.0370. The maximum atomic E-state index is 9.49. The third-order valence-corrected chi connectivity index (χ3v) is 3.81. The van der Waals surface area contributed by atoms with E-state index in [-0.39, 0.29) is 12.5 Å². The molecule has 1 aliphatic carbocycles. The molecule has 2 N–H and O–H groups in total. The smallest absolute Gasteiger partial charge is 0.0796 e. The lowest BCUT2D eigenvalue weighted by atomic mass is 9.75. The Balaban J connectivity index is 2.34. The van der Waals surface area contributed by atoms with Crippen molar-refractivity contribution in [1.82, 2.24) is 0 Å². The number of rotatable bonds is 4. The highest BCUT2D eigenvalue weighted by Crippen LogP contribution is 2.34. The van der Waals surface area contributed by atoms with Gasteiger partial charge in [0.25, 0.3) is 0 Å². The van der Waals surface area contributed by atoms with Gasteiger partial charge in [0, 0.05) is 0 Å². The summed E-state index contributed by atoms with van der Waals surface area (Å²) in [5.41, 5.74) is 0. The minimum Gasteiger partial charge on any atom is -0.394 e. The normalized spacial score (nSPS) is 32.6. The first kappa shape index (κ1) is 12.0. The number of aliphatic hydroxyl groups is 2. The van der Waals surface area contributed by atoms with Gasteiger partial charge in [-0.3, -0.25) is 0 Å². The summed E-state index contributed by atoms with van der Waals surface area (Å²) in [7, 11) is 0. The van der Waals surface area contributed by atoms with Gasteiger partial charge in [0.05, 0.1) is 12.7 Å². The van der Waals surface area contributed by atoms with Gasteiger partial charge in [0.15, 0.2) is 0 Å². The van der Waals surface area contributed by atoms with Gasteiger partial charge in [0.2, 0.25) is 0 Å². The molecule has 1 aliphatic rings. The Morgan fingerprint density at radius 2 is 1.93 bits per heavy atom. The molecular weight excluding hydrogens is 176 g/mol. The van der Waals surface area contributed by atoms with E-state index in [1.807, 2.05) is 6.92 Å². The van der Waals surface area contributed by atoms with Crippen LogP contribution in [0.1, 0.15) is 46.0 Å². The molecule has 4 unspecified atom stereocenters. The lowest BCUT2D eigenvalue weighted by Crippen LogP contribution is -2.27. The van der Waals surface area contributed by atoms with Crippen molar-refractivity contribution in [3.63, 3.8) is 0 Å². The zero-order chi connectivity index (χ0) is 10.6. The van der Waals surface area contributed by atoms with Crippen LogP contribution in [0.3, 0.4) is 0 Å². The molecule has 0 amide bonds. The first-order valence-electron chi connectivity index (χ1n) is 5.94. The van der Waals surface area contributed by atoms with Crippen LogP contribution in [0, 0.1) is 17.8 Å². The van der Waals surface area contributed by atoms with E-state index in [2.05, 4.69) is 6.92 Å². The summed E-state index contributed by atoms with van der Waals surface area (Å²) >= 11 is 0. The van der Waals surface area contributed by atoms with Crippen LogP contribution in [0.25, 0.3) is 0 Å². The Hall–Kier alpha value is -0.0800. The van der Waals surface area contributed by atoms with Gasteiger partial charge in [-0.1, -0.05) is 39.5 Å². The van der Waals surface area contributed by atoms with Crippen LogP contribution < -0.4 is 0 Å². The Morgan fingerprint density at radius 1 is 1.29 bits per heavy atom. The Labute approximate surface area is 87.3 Å². The fraction of sp³-hybridized carbons (Fsp3) is 1.00. The maximum absolute atomic E-state index is 9.49. The third kappa shape index (κ3) is 3.25. The fourth-order valence-corrected chi connectivity index (χ4v) is 2.56. The molecule has 0 radical (unpaired) electrons. The molecule has 84 valence electrons. The van der Waals surface area contributed by atoms with Crippen LogP contribution in [-0.2, 0) is 0 Å². The van der Waals surface area contributed by atoms with Crippen LogP contribution in [-0.4, -0.2) is 22.9 Å². The van der Waals surface area contributed by atoms with Gasteiger partial charge in [0.1, 0.15) is 0 Å². The highest BCUT2D eigenvalue weighted by atomic mass is 16.3. The van der Waals surface area contributed by atoms with Crippen molar-refractivity contribution in [3.05, 3.63) is 0 Å². The molecule has 0 aromatic carbocycles. The van der Waals surface area contributed by atoms with E-state index in [0.717, 1.165) is 18.3 Å². The van der Waals surface area contributed by atoms with E-state index in [1.54, 1.807) is 0 Å². The Morgan fingerprint density at radius 3 is 2.50 bits per heavy atom. The van der Waals surface area contributed by atoms with Gasteiger partial charge >= 0.3 is 0 Å². The Kier molecular flexibility index (Phi) is 4.90. The number of hydrogen-bond acceptors (Lipinski definition) is 2. The van der Waals surface area contributed by atoms with Crippen LogP contribution in [0.2, 0.25) is 0 Å². The van der Waals surface area contributed by atoms with Crippen molar-refractivity contribution in [2.75, 3.05) is 6.61 Å². The van der Waals surface area contributed by atoms with Crippen molar-refractivity contribution >= 4 is 0 Å². The summed E-state index contributed by atoms with van der Waals surface area (Å²) in [5, 5.41) is 18.3. The predicted octanol–water partition coefficient (Wildman–Crippen LogP) is 2.19. The van der Waals surface area contributed by atoms with Gasteiger partial charge < -0.3 is 10.2 Å². The molecule has 0 aromatic rings. The summed E-state index contributed by atoms with van der Waals surface area (Å²) in [4.78, 5) is 0. The van der Waals surface area contributed by atoms with Crippen molar-refractivity contribution in [2.45, 2.75) is 52.1 Å². The summed E-state index contributed by atoms with van der Waals surface area (Å²) in [5.74, 6) is 1.81. The first-order valence-corrected chi connectivity index (χ1v) is 5.94. The summed E-state index contributed by atoms with van der Waals surface area (Å²) < 4.78 is 0. The topological polar surface area (TPSA) is 40.5 Å². The van der Waals surface area contributed by atoms with Crippen LogP contribution in [0.15, 0.2) is 0 Å². The largest absolute Gasteiger partial charge is 0.394 e. The van der Waals surface area contributed by atoms with Crippen LogP contribution >= 0.6 is 0 Å². The van der Waals surface area contributed by atoms with E-state index < -0.39 is 6.10 Å². The van der Waals surface area contributed by atoms with Crippen molar-refractivity contribution in [3.8, 4) is 0 Å². The maximum Gasteiger partial charge on any atom is 0.0796 e. The van der Waals surface area contributed by atoms with Gasteiger partial charge in [-0.2, -0.15) is 0 Å². The molecule has 1 fully saturated rings. The molecule has 0 spiro atoms. The van der Waals surface area contributed by atoms with Gasteiger partial charge in [-0.25, -0.2) is 0 Å². The number of aliphatic hydroxyl groups excluding tert-OH is 2. The van der Waals surface area contributed by atoms with Crippen LogP contribution in [0.4, 0.5) is 0 Å². The molecular formula is C12H24O2. The SMILES string of the molecule is CC(CC1CCCCC1C)C(O)CO.